The standard InChI is InChI=1S/C12H14N2O/c1-14-7-10(12-6-13-8-15-12)9-4-2-3-5-11(9)14/h2-5,7,12-13H,6,8H2,1H3. The van der Waals surface area contributed by atoms with Crippen LogP contribution in [0, 0.1) is 0 Å². The minimum Gasteiger partial charge on any atom is -0.357 e. The van der Waals surface area contributed by atoms with Crippen LogP contribution < -0.4 is 5.32 Å². The molecule has 0 aliphatic carbocycles. The Morgan fingerprint density at radius 2 is 2.27 bits per heavy atom. The van der Waals surface area contributed by atoms with Crippen LogP contribution in [0.15, 0.2) is 30.5 Å². The normalized spacial score (nSPS) is 21.3. The van der Waals surface area contributed by atoms with Gasteiger partial charge in [0.15, 0.2) is 0 Å². The molecule has 1 fully saturated rings. The Balaban J connectivity index is 2.17. The van der Waals surface area contributed by atoms with Gasteiger partial charge < -0.3 is 9.30 Å². The lowest BCUT2D eigenvalue weighted by Crippen LogP contribution is -2.07. The predicted molar refractivity (Wildman–Crippen MR) is 59.6 cm³/mol. The van der Waals surface area contributed by atoms with Gasteiger partial charge in [-0.25, -0.2) is 0 Å². The third-order valence-electron chi connectivity index (χ3n) is 2.99. The van der Waals surface area contributed by atoms with E-state index in [0.717, 1.165) is 6.54 Å². The van der Waals surface area contributed by atoms with Crippen molar-refractivity contribution >= 4 is 10.9 Å². The Bertz CT molecular complexity index is 483. The van der Waals surface area contributed by atoms with E-state index in [9.17, 15) is 0 Å². The summed E-state index contributed by atoms with van der Waals surface area (Å²) in [7, 11) is 2.08. The average Bonchev–Trinajstić information content (AvgIpc) is 2.87. The Labute approximate surface area is 88.6 Å². The van der Waals surface area contributed by atoms with Gasteiger partial charge in [0, 0.05) is 36.3 Å². The van der Waals surface area contributed by atoms with Gasteiger partial charge in [-0.15, -0.1) is 0 Å². The summed E-state index contributed by atoms with van der Waals surface area (Å²) in [6.07, 6.45) is 2.37. The molecule has 0 saturated carbocycles. The summed E-state index contributed by atoms with van der Waals surface area (Å²) in [6, 6.07) is 8.45. The van der Waals surface area contributed by atoms with E-state index in [2.05, 4.69) is 47.4 Å². The fraction of sp³-hybridized carbons (Fsp3) is 0.333. The molecule has 3 heteroatoms. The number of rotatable bonds is 1. The summed E-state index contributed by atoms with van der Waals surface area (Å²) < 4.78 is 7.80. The van der Waals surface area contributed by atoms with E-state index in [1.165, 1.54) is 16.5 Å². The van der Waals surface area contributed by atoms with E-state index < -0.39 is 0 Å². The lowest BCUT2D eigenvalue weighted by atomic mass is 10.1. The van der Waals surface area contributed by atoms with Gasteiger partial charge >= 0.3 is 0 Å². The molecule has 1 aromatic heterocycles. The van der Waals surface area contributed by atoms with Crippen LogP contribution in [0.5, 0.6) is 0 Å². The van der Waals surface area contributed by atoms with Crippen LogP contribution in [0.3, 0.4) is 0 Å². The number of para-hydroxylation sites is 1. The van der Waals surface area contributed by atoms with Gasteiger partial charge in [0.2, 0.25) is 0 Å². The number of nitrogens with zero attached hydrogens (tertiary/aromatic N) is 1. The topological polar surface area (TPSA) is 26.2 Å². The molecule has 1 unspecified atom stereocenters. The van der Waals surface area contributed by atoms with Crippen molar-refractivity contribution in [3.05, 3.63) is 36.0 Å². The van der Waals surface area contributed by atoms with E-state index in [1.807, 2.05) is 0 Å². The second-order valence-electron chi connectivity index (χ2n) is 3.97. The molecule has 1 N–H and O–H groups in total. The first-order valence-corrected chi connectivity index (χ1v) is 5.22. The van der Waals surface area contributed by atoms with Crippen molar-refractivity contribution in [2.45, 2.75) is 6.10 Å². The minimum atomic E-state index is 0.205. The molecule has 3 nitrogen and oxygen atoms in total. The van der Waals surface area contributed by atoms with Crippen LogP contribution in [-0.4, -0.2) is 17.8 Å². The van der Waals surface area contributed by atoms with Crippen LogP contribution in [0.4, 0.5) is 0 Å². The van der Waals surface area contributed by atoms with Crippen LogP contribution in [0.25, 0.3) is 10.9 Å². The highest BCUT2D eigenvalue weighted by atomic mass is 16.5. The van der Waals surface area contributed by atoms with Crippen molar-refractivity contribution in [3.63, 3.8) is 0 Å². The number of nitrogens with one attached hydrogen (secondary N) is 1. The zero-order chi connectivity index (χ0) is 10.3. The summed E-state index contributed by atoms with van der Waals surface area (Å²) in [5.74, 6) is 0. The lowest BCUT2D eigenvalue weighted by molar-refractivity contribution is 0.115. The van der Waals surface area contributed by atoms with Crippen molar-refractivity contribution in [3.8, 4) is 0 Å². The molecule has 15 heavy (non-hydrogen) atoms. The number of aryl methyl sites for hydroxylation is 1. The highest BCUT2D eigenvalue weighted by molar-refractivity contribution is 5.84. The molecule has 78 valence electrons. The highest BCUT2D eigenvalue weighted by Gasteiger charge is 2.20. The van der Waals surface area contributed by atoms with E-state index in [-0.39, 0.29) is 6.10 Å². The number of hydrogen-bond acceptors (Lipinski definition) is 2. The van der Waals surface area contributed by atoms with Gasteiger partial charge in [0.05, 0.1) is 12.8 Å². The third-order valence-corrected chi connectivity index (χ3v) is 2.99. The molecule has 2 aromatic rings. The third kappa shape index (κ3) is 1.35. The summed E-state index contributed by atoms with van der Waals surface area (Å²) in [6.45, 7) is 1.57. The number of ether oxygens (including phenoxy) is 1. The lowest BCUT2D eigenvalue weighted by Gasteiger charge is -2.05. The van der Waals surface area contributed by atoms with Gasteiger partial charge in [-0.05, 0) is 6.07 Å². The predicted octanol–water partition coefficient (Wildman–Crippen LogP) is 1.80. The summed E-state index contributed by atoms with van der Waals surface area (Å²) >= 11 is 0. The average molecular weight is 202 g/mol. The maximum Gasteiger partial charge on any atom is 0.0988 e. The van der Waals surface area contributed by atoms with Gasteiger partial charge in [0.1, 0.15) is 0 Å². The number of aromatic nitrogens is 1. The van der Waals surface area contributed by atoms with Crippen molar-refractivity contribution in [1.82, 2.24) is 9.88 Å². The second kappa shape index (κ2) is 3.36. The first-order chi connectivity index (χ1) is 7.36. The maximum absolute atomic E-state index is 5.64. The van der Waals surface area contributed by atoms with Crippen LogP contribution >= 0.6 is 0 Å². The molecule has 1 atom stereocenters. The van der Waals surface area contributed by atoms with Gasteiger partial charge in [-0.3, -0.25) is 5.32 Å². The highest BCUT2D eigenvalue weighted by Crippen LogP contribution is 2.28. The molecule has 0 spiro atoms. The van der Waals surface area contributed by atoms with E-state index in [0.29, 0.717) is 6.73 Å². The maximum atomic E-state index is 5.64. The molecule has 3 rings (SSSR count). The van der Waals surface area contributed by atoms with Crippen molar-refractivity contribution in [2.75, 3.05) is 13.3 Å². The first-order valence-electron chi connectivity index (χ1n) is 5.22. The van der Waals surface area contributed by atoms with E-state index in [1.54, 1.807) is 0 Å². The SMILES string of the molecule is Cn1cc(C2CNCO2)c2ccccc21. The molecule has 1 aromatic carbocycles. The molecule has 1 saturated heterocycles. The molecular weight excluding hydrogens is 188 g/mol. The van der Waals surface area contributed by atoms with Crippen LogP contribution in [0.1, 0.15) is 11.7 Å². The quantitative estimate of drug-likeness (QED) is 0.763. The number of hydrogen-bond donors (Lipinski definition) is 1. The van der Waals surface area contributed by atoms with Crippen LogP contribution in [-0.2, 0) is 11.8 Å². The Kier molecular flexibility index (Phi) is 2.01. The smallest absolute Gasteiger partial charge is 0.0988 e. The van der Waals surface area contributed by atoms with Crippen molar-refractivity contribution < 1.29 is 4.74 Å². The molecule has 1 aliphatic heterocycles. The molecule has 2 heterocycles. The monoisotopic (exact) mass is 202 g/mol. The minimum absolute atomic E-state index is 0.205. The zero-order valence-electron chi connectivity index (χ0n) is 8.73. The largest absolute Gasteiger partial charge is 0.357 e. The fourth-order valence-electron chi connectivity index (χ4n) is 2.24. The Morgan fingerprint density at radius 1 is 1.40 bits per heavy atom. The Hall–Kier alpha value is -1.32. The molecular formula is C12H14N2O. The summed E-state index contributed by atoms with van der Waals surface area (Å²) in [5, 5.41) is 4.51. The van der Waals surface area contributed by atoms with Crippen molar-refractivity contribution in [2.24, 2.45) is 7.05 Å². The molecule has 0 radical (unpaired) electrons. The van der Waals surface area contributed by atoms with Gasteiger partial charge in [0.25, 0.3) is 0 Å². The Morgan fingerprint density at radius 3 is 3.07 bits per heavy atom. The number of fused-ring (bicyclic) bond motifs is 1. The molecule has 0 bridgehead atoms. The van der Waals surface area contributed by atoms with Crippen molar-refractivity contribution in [1.29, 1.82) is 0 Å². The summed E-state index contributed by atoms with van der Waals surface area (Å²) in [4.78, 5) is 0. The number of benzene rings is 1. The molecule has 0 amide bonds. The molecule has 1 aliphatic rings. The summed E-state index contributed by atoms with van der Waals surface area (Å²) in [5.41, 5.74) is 2.56. The van der Waals surface area contributed by atoms with Gasteiger partial charge in [-0.1, -0.05) is 18.2 Å². The zero-order valence-corrected chi connectivity index (χ0v) is 8.73. The first kappa shape index (κ1) is 8.95. The fourth-order valence-corrected chi connectivity index (χ4v) is 2.24. The van der Waals surface area contributed by atoms with Crippen LogP contribution in [0.2, 0.25) is 0 Å². The van der Waals surface area contributed by atoms with Gasteiger partial charge in [-0.2, -0.15) is 0 Å². The van der Waals surface area contributed by atoms with E-state index in [4.69, 9.17) is 4.74 Å². The second-order valence-corrected chi connectivity index (χ2v) is 3.97. The van der Waals surface area contributed by atoms with E-state index >= 15 is 0 Å².